The van der Waals surface area contributed by atoms with Crippen LogP contribution in [0.1, 0.15) is 30.0 Å². The highest BCUT2D eigenvalue weighted by Crippen LogP contribution is 2.37. The molecule has 2 aliphatic rings. The number of hydrogen-bond donors (Lipinski definition) is 0. The maximum Gasteiger partial charge on any atom is 0.180 e. The molecular weight excluding hydrogens is 438 g/mol. The molecule has 0 N–H and O–H groups in total. The largest absolute Gasteiger partial charge is 0.476 e. The summed E-state index contributed by atoms with van der Waals surface area (Å²) in [4.78, 5) is 4.82. The van der Waals surface area contributed by atoms with Crippen LogP contribution in [0.3, 0.4) is 0 Å². The summed E-state index contributed by atoms with van der Waals surface area (Å²) in [6.45, 7) is 4.10. The molecule has 5 rings (SSSR count). The lowest BCUT2D eigenvalue weighted by atomic mass is 9.79. The molecule has 0 amide bonds. The van der Waals surface area contributed by atoms with Crippen LogP contribution in [0.4, 0.5) is 0 Å². The molecule has 0 aromatic heterocycles. The van der Waals surface area contributed by atoms with Gasteiger partial charge in [0.2, 0.25) is 0 Å². The summed E-state index contributed by atoms with van der Waals surface area (Å²) < 4.78 is 25.5. The molecule has 1 fully saturated rings. The van der Waals surface area contributed by atoms with Gasteiger partial charge in [-0.05, 0) is 23.1 Å². The van der Waals surface area contributed by atoms with E-state index in [1.165, 1.54) is 0 Å². The standard InChI is InChI=1S/C30H33NO4/c1-22-31-28-27(35-22)17-26(21-32-18-23-11-5-2-6-12-23)29(33-19-24-13-7-3-8-14-24)30(28)34-20-25-15-9-4-10-16-25/h2-16,26-30H,17-21H2,1H3/t26-,27+,28+,29-,30-/m1/s1. The lowest BCUT2D eigenvalue weighted by Crippen LogP contribution is -2.55. The van der Waals surface area contributed by atoms with Crippen LogP contribution in [-0.4, -0.2) is 36.9 Å². The van der Waals surface area contributed by atoms with Gasteiger partial charge in [0.1, 0.15) is 18.2 Å². The van der Waals surface area contributed by atoms with Crippen molar-refractivity contribution in [2.24, 2.45) is 10.9 Å². The first-order valence-electron chi connectivity index (χ1n) is 12.4. The Morgan fingerprint density at radius 1 is 0.714 bits per heavy atom. The fourth-order valence-electron chi connectivity index (χ4n) is 5.00. The Kier molecular flexibility index (Phi) is 7.89. The van der Waals surface area contributed by atoms with Crippen molar-refractivity contribution in [1.82, 2.24) is 0 Å². The number of rotatable bonds is 10. The number of nitrogens with zero attached hydrogens (tertiary/aromatic N) is 1. The quantitative estimate of drug-likeness (QED) is 0.387. The van der Waals surface area contributed by atoms with Gasteiger partial charge in [-0.3, -0.25) is 0 Å². The van der Waals surface area contributed by atoms with Crippen molar-refractivity contribution in [2.45, 2.75) is 57.5 Å². The Morgan fingerprint density at radius 3 is 1.80 bits per heavy atom. The molecule has 3 aromatic rings. The van der Waals surface area contributed by atoms with Crippen LogP contribution in [0, 0.1) is 5.92 Å². The minimum atomic E-state index is -0.222. The van der Waals surface area contributed by atoms with Gasteiger partial charge in [-0.1, -0.05) is 91.0 Å². The van der Waals surface area contributed by atoms with Crippen molar-refractivity contribution in [1.29, 1.82) is 0 Å². The summed E-state index contributed by atoms with van der Waals surface area (Å²) in [5, 5.41) is 0. The fraction of sp³-hybridized carbons (Fsp3) is 0.367. The molecule has 5 atom stereocenters. The van der Waals surface area contributed by atoms with Gasteiger partial charge in [0.25, 0.3) is 0 Å². The van der Waals surface area contributed by atoms with Crippen molar-refractivity contribution >= 4 is 5.90 Å². The van der Waals surface area contributed by atoms with Gasteiger partial charge in [-0.2, -0.15) is 0 Å². The molecule has 3 aromatic carbocycles. The highest BCUT2D eigenvalue weighted by Gasteiger charge is 2.50. The molecule has 35 heavy (non-hydrogen) atoms. The van der Waals surface area contributed by atoms with E-state index in [0.717, 1.165) is 29.0 Å². The summed E-state index contributed by atoms with van der Waals surface area (Å²) in [7, 11) is 0. The van der Waals surface area contributed by atoms with Crippen LogP contribution < -0.4 is 0 Å². The number of fused-ring (bicyclic) bond motifs is 1. The molecule has 5 heteroatoms. The van der Waals surface area contributed by atoms with Crippen molar-refractivity contribution in [3.8, 4) is 0 Å². The van der Waals surface area contributed by atoms with Crippen LogP contribution >= 0.6 is 0 Å². The molecular formula is C30H33NO4. The molecule has 1 aliphatic carbocycles. The third-order valence-corrected chi connectivity index (χ3v) is 6.71. The predicted octanol–water partition coefficient (Wildman–Crippen LogP) is 5.58. The van der Waals surface area contributed by atoms with Crippen LogP contribution in [0.15, 0.2) is 96.0 Å². The number of benzene rings is 3. The van der Waals surface area contributed by atoms with Gasteiger partial charge < -0.3 is 18.9 Å². The summed E-state index contributed by atoms with van der Waals surface area (Å²) >= 11 is 0. The Hall–Kier alpha value is -2.99. The second-order valence-corrected chi connectivity index (χ2v) is 9.31. The third-order valence-electron chi connectivity index (χ3n) is 6.71. The van der Waals surface area contributed by atoms with Crippen LogP contribution in [-0.2, 0) is 38.8 Å². The molecule has 0 unspecified atom stereocenters. The van der Waals surface area contributed by atoms with E-state index in [0.29, 0.717) is 26.4 Å². The number of aliphatic imine (C=N–C) groups is 1. The normalized spacial score (nSPS) is 25.5. The van der Waals surface area contributed by atoms with Gasteiger partial charge in [0, 0.05) is 12.8 Å². The number of hydrogen-bond acceptors (Lipinski definition) is 5. The van der Waals surface area contributed by atoms with Crippen molar-refractivity contribution < 1.29 is 18.9 Å². The second kappa shape index (κ2) is 11.6. The Bertz CT molecular complexity index is 1070. The van der Waals surface area contributed by atoms with E-state index in [2.05, 4.69) is 36.4 Å². The molecule has 1 heterocycles. The minimum absolute atomic E-state index is 0.0160. The first-order valence-corrected chi connectivity index (χ1v) is 12.4. The maximum absolute atomic E-state index is 6.60. The van der Waals surface area contributed by atoms with Crippen molar-refractivity contribution in [3.05, 3.63) is 108 Å². The molecule has 182 valence electrons. The molecule has 0 spiro atoms. The average Bonchev–Trinajstić information content (AvgIpc) is 3.28. The molecule has 0 saturated heterocycles. The molecule has 0 radical (unpaired) electrons. The lowest BCUT2D eigenvalue weighted by Gasteiger charge is -2.42. The first kappa shape index (κ1) is 23.7. The summed E-state index contributed by atoms with van der Waals surface area (Å²) in [5.74, 6) is 0.853. The third kappa shape index (κ3) is 6.17. The highest BCUT2D eigenvalue weighted by molar-refractivity contribution is 5.75. The minimum Gasteiger partial charge on any atom is -0.476 e. The van der Waals surface area contributed by atoms with E-state index >= 15 is 0 Å². The topological polar surface area (TPSA) is 49.3 Å². The van der Waals surface area contributed by atoms with Gasteiger partial charge in [-0.25, -0.2) is 4.99 Å². The molecule has 0 bridgehead atoms. The van der Waals surface area contributed by atoms with E-state index in [4.69, 9.17) is 23.9 Å². The maximum atomic E-state index is 6.60. The second-order valence-electron chi connectivity index (χ2n) is 9.31. The molecule has 5 nitrogen and oxygen atoms in total. The average molecular weight is 472 g/mol. The van der Waals surface area contributed by atoms with E-state index in [1.807, 2.05) is 61.5 Å². The first-order chi connectivity index (χ1) is 17.3. The number of ether oxygens (including phenoxy) is 4. The van der Waals surface area contributed by atoms with Crippen LogP contribution in [0.5, 0.6) is 0 Å². The van der Waals surface area contributed by atoms with Crippen LogP contribution in [0.2, 0.25) is 0 Å². The Labute approximate surface area is 207 Å². The summed E-state index contributed by atoms with van der Waals surface area (Å²) in [6.07, 6.45) is 0.428. The zero-order valence-electron chi connectivity index (χ0n) is 20.2. The molecule has 1 aliphatic heterocycles. The van der Waals surface area contributed by atoms with E-state index in [1.54, 1.807) is 0 Å². The van der Waals surface area contributed by atoms with Gasteiger partial charge in [-0.15, -0.1) is 0 Å². The molecule has 1 saturated carbocycles. The van der Waals surface area contributed by atoms with Crippen LogP contribution in [0.25, 0.3) is 0 Å². The van der Waals surface area contributed by atoms with Crippen molar-refractivity contribution in [2.75, 3.05) is 6.61 Å². The van der Waals surface area contributed by atoms with E-state index in [-0.39, 0.29) is 30.3 Å². The Morgan fingerprint density at radius 2 is 1.23 bits per heavy atom. The lowest BCUT2D eigenvalue weighted by molar-refractivity contribution is -0.162. The highest BCUT2D eigenvalue weighted by atomic mass is 16.6. The smallest absolute Gasteiger partial charge is 0.180 e. The SMILES string of the molecule is CC1=N[C@@H]2[C@@H](OCc3ccccc3)[C@H](OCc3ccccc3)[C@@H](COCc3ccccc3)C[C@@H]2O1. The van der Waals surface area contributed by atoms with Gasteiger partial charge in [0.15, 0.2) is 5.90 Å². The van der Waals surface area contributed by atoms with E-state index < -0.39 is 0 Å². The zero-order valence-corrected chi connectivity index (χ0v) is 20.2. The van der Waals surface area contributed by atoms with Gasteiger partial charge in [0.05, 0.1) is 32.5 Å². The zero-order chi connectivity index (χ0) is 23.9. The summed E-state index contributed by atoms with van der Waals surface area (Å²) in [6, 6.07) is 30.7. The fourth-order valence-corrected chi connectivity index (χ4v) is 5.00. The van der Waals surface area contributed by atoms with Crippen molar-refractivity contribution in [3.63, 3.8) is 0 Å². The monoisotopic (exact) mass is 471 g/mol. The van der Waals surface area contributed by atoms with E-state index in [9.17, 15) is 0 Å². The predicted molar refractivity (Wildman–Crippen MR) is 136 cm³/mol. The summed E-state index contributed by atoms with van der Waals surface area (Å²) in [5.41, 5.74) is 3.44. The Balaban J connectivity index is 1.34. The van der Waals surface area contributed by atoms with Gasteiger partial charge >= 0.3 is 0 Å².